The fourth-order valence-electron chi connectivity index (χ4n) is 2.48. The van der Waals surface area contributed by atoms with Crippen LogP contribution >= 0.6 is 0 Å². The van der Waals surface area contributed by atoms with Gasteiger partial charge in [0.1, 0.15) is 0 Å². The van der Waals surface area contributed by atoms with Crippen LogP contribution < -0.4 is 0 Å². The average molecular weight is 216 g/mol. The molecule has 2 atom stereocenters. The maximum Gasteiger partial charge on any atom is 0.307 e. The van der Waals surface area contributed by atoms with Gasteiger partial charge in [0.15, 0.2) is 0 Å². The van der Waals surface area contributed by atoms with Crippen molar-refractivity contribution in [1.29, 1.82) is 0 Å². The molecule has 0 aliphatic heterocycles. The summed E-state index contributed by atoms with van der Waals surface area (Å²) >= 11 is 0. The Morgan fingerprint density at radius 1 is 1.38 bits per heavy atom. The van der Waals surface area contributed by atoms with Crippen molar-refractivity contribution in [3.63, 3.8) is 0 Å². The highest BCUT2D eigenvalue weighted by molar-refractivity contribution is 5.76. The van der Waals surface area contributed by atoms with Crippen LogP contribution in [0.1, 0.15) is 36.5 Å². The molecule has 2 heteroatoms. The number of carboxylic acid groups (broad SMARTS) is 1. The number of aliphatic carboxylic acids is 1. The van der Waals surface area contributed by atoms with E-state index in [1.165, 1.54) is 11.1 Å². The summed E-state index contributed by atoms with van der Waals surface area (Å²) in [6, 6.07) is 6.24. The molecule has 2 rings (SSSR count). The summed E-state index contributed by atoms with van der Waals surface area (Å²) in [7, 11) is 0. The number of benzene rings is 1. The van der Waals surface area contributed by atoms with E-state index in [1.807, 2.05) is 13.8 Å². The Labute approximate surface area is 95.6 Å². The van der Waals surface area contributed by atoms with Gasteiger partial charge in [0, 0.05) is 5.92 Å². The second-order valence-corrected chi connectivity index (χ2v) is 4.63. The molecule has 2 nitrogen and oxygen atoms in total. The molecule has 0 bridgehead atoms. The van der Waals surface area contributed by atoms with Crippen LogP contribution in [0.4, 0.5) is 0 Å². The lowest BCUT2D eigenvalue weighted by Crippen LogP contribution is -2.18. The van der Waals surface area contributed by atoms with Crippen LogP contribution in [-0.4, -0.2) is 11.1 Å². The number of aryl methyl sites for hydroxylation is 1. The van der Waals surface area contributed by atoms with E-state index in [0.29, 0.717) is 0 Å². The highest BCUT2D eigenvalue weighted by atomic mass is 16.4. The fraction of sp³-hybridized carbons (Fsp3) is 0.357. The Bertz CT molecular complexity index is 472. The molecule has 0 amide bonds. The normalized spacial score (nSPS) is 20.2. The third-order valence-corrected chi connectivity index (χ3v) is 3.34. The maximum atomic E-state index is 11.1. The molecule has 16 heavy (non-hydrogen) atoms. The van der Waals surface area contributed by atoms with E-state index < -0.39 is 5.97 Å². The number of carbonyl (C=O) groups is 1. The minimum Gasteiger partial charge on any atom is -0.481 e. The lowest BCUT2D eigenvalue weighted by Gasteiger charge is -2.19. The van der Waals surface area contributed by atoms with E-state index in [9.17, 15) is 4.79 Å². The zero-order valence-corrected chi connectivity index (χ0v) is 9.82. The van der Waals surface area contributed by atoms with Gasteiger partial charge in [-0.3, -0.25) is 4.79 Å². The van der Waals surface area contributed by atoms with Gasteiger partial charge in [0.2, 0.25) is 0 Å². The van der Waals surface area contributed by atoms with E-state index in [0.717, 1.165) is 11.1 Å². The van der Waals surface area contributed by atoms with E-state index in [2.05, 4.69) is 24.3 Å². The van der Waals surface area contributed by atoms with Crippen LogP contribution in [0.2, 0.25) is 0 Å². The first-order chi connectivity index (χ1) is 7.50. The van der Waals surface area contributed by atoms with Crippen molar-refractivity contribution in [1.82, 2.24) is 0 Å². The van der Waals surface area contributed by atoms with Crippen LogP contribution in [0.5, 0.6) is 0 Å². The average Bonchev–Trinajstić information content (AvgIpc) is 2.52. The number of allylic oxidation sites excluding steroid dienone is 1. The molecule has 0 radical (unpaired) electrons. The second kappa shape index (κ2) is 3.78. The Morgan fingerprint density at radius 3 is 2.69 bits per heavy atom. The number of fused-ring (bicyclic) bond motifs is 1. The van der Waals surface area contributed by atoms with Crippen LogP contribution in [0.3, 0.4) is 0 Å². The summed E-state index contributed by atoms with van der Waals surface area (Å²) in [5.74, 6) is -1.06. The number of carboxylic acids is 1. The number of hydrogen-bond acceptors (Lipinski definition) is 1. The standard InChI is InChI=1S/C14H16O2/c1-8-4-5-11-7-9(2)13(12(11)6-8)10(3)14(15)16/h4-7,10,13H,1-3H3,(H,15,16). The molecule has 1 aromatic carbocycles. The van der Waals surface area contributed by atoms with Gasteiger partial charge in [-0.15, -0.1) is 0 Å². The Morgan fingerprint density at radius 2 is 2.06 bits per heavy atom. The Hall–Kier alpha value is -1.57. The molecule has 0 fully saturated rings. The zero-order chi connectivity index (χ0) is 11.9. The first-order valence-electron chi connectivity index (χ1n) is 5.52. The van der Waals surface area contributed by atoms with Crippen LogP contribution in [0.25, 0.3) is 6.08 Å². The van der Waals surface area contributed by atoms with Crippen molar-refractivity contribution in [2.24, 2.45) is 5.92 Å². The van der Waals surface area contributed by atoms with Crippen molar-refractivity contribution in [3.05, 3.63) is 40.5 Å². The van der Waals surface area contributed by atoms with E-state index >= 15 is 0 Å². The third kappa shape index (κ3) is 1.64. The molecule has 84 valence electrons. The zero-order valence-electron chi connectivity index (χ0n) is 9.82. The molecular weight excluding hydrogens is 200 g/mol. The minimum atomic E-state index is -0.730. The highest BCUT2D eigenvalue weighted by Crippen LogP contribution is 2.41. The predicted octanol–water partition coefficient (Wildman–Crippen LogP) is 3.22. The van der Waals surface area contributed by atoms with E-state index in [4.69, 9.17) is 5.11 Å². The van der Waals surface area contributed by atoms with Crippen molar-refractivity contribution >= 4 is 12.0 Å². The lowest BCUT2D eigenvalue weighted by atomic mass is 9.84. The Balaban J connectivity index is 2.47. The van der Waals surface area contributed by atoms with Crippen LogP contribution in [-0.2, 0) is 4.79 Å². The summed E-state index contributed by atoms with van der Waals surface area (Å²) in [5.41, 5.74) is 4.66. The summed E-state index contributed by atoms with van der Waals surface area (Å²) in [5, 5.41) is 9.13. The van der Waals surface area contributed by atoms with Gasteiger partial charge in [-0.05, 0) is 25.0 Å². The van der Waals surface area contributed by atoms with Gasteiger partial charge in [-0.2, -0.15) is 0 Å². The molecule has 0 spiro atoms. The number of rotatable bonds is 2. The molecule has 0 saturated heterocycles. The van der Waals surface area contributed by atoms with E-state index in [1.54, 1.807) is 6.92 Å². The first-order valence-corrected chi connectivity index (χ1v) is 5.52. The minimum absolute atomic E-state index is 0.0346. The molecule has 1 aliphatic carbocycles. The van der Waals surface area contributed by atoms with Crippen molar-refractivity contribution < 1.29 is 9.90 Å². The molecule has 2 unspecified atom stereocenters. The van der Waals surface area contributed by atoms with Crippen LogP contribution in [0.15, 0.2) is 23.8 Å². The highest BCUT2D eigenvalue weighted by Gasteiger charge is 2.31. The maximum absolute atomic E-state index is 11.1. The monoisotopic (exact) mass is 216 g/mol. The van der Waals surface area contributed by atoms with Gasteiger partial charge < -0.3 is 5.11 Å². The molecular formula is C14H16O2. The summed E-state index contributed by atoms with van der Waals surface area (Å²) in [6.45, 7) is 5.83. The molecule has 0 aromatic heterocycles. The molecule has 0 heterocycles. The van der Waals surface area contributed by atoms with Gasteiger partial charge >= 0.3 is 5.97 Å². The SMILES string of the molecule is CC1=Cc2ccc(C)cc2C1C(C)C(=O)O. The van der Waals surface area contributed by atoms with Crippen molar-refractivity contribution in [2.45, 2.75) is 26.7 Å². The topological polar surface area (TPSA) is 37.3 Å². The van der Waals surface area contributed by atoms with Gasteiger partial charge in [-0.1, -0.05) is 42.3 Å². The van der Waals surface area contributed by atoms with Gasteiger partial charge in [-0.25, -0.2) is 0 Å². The lowest BCUT2D eigenvalue weighted by molar-refractivity contribution is -0.141. The molecule has 1 N–H and O–H groups in total. The smallest absolute Gasteiger partial charge is 0.307 e. The number of hydrogen-bond donors (Lipinski definition) is 1. The second-order valence-electron chi connectivity index (χ2n) is 4.63. The fourth-order valence-corrected chi connectivity index (χ4v) is 2.48. The summed E-state index contributed by atoms with van der Waals surface area (Å²) in [4.78, 5) is 11.1. The molecule has 1 aliphatic rings. The summed E-state index contributed by atoms with van der Waals surface area (Å²) < 4.78 is 0. The van der Waals surface area contributed by atoms with E-state index in [-0.39, 0.29) is 11.8 Å². The van der Waals surface area contributed by atoms with Crippen molar-refractivity contribution in [2.75, 3.05) is 0 Å². The summed E-state index contributed by atoms with van der Waals surface area (Å²) in [6.07, 6.45) is 2.10. The molecule has 0 saturated carbocycles. The first kappa shape index (κ1) is 10.9. The van der Waals surface area contributed by atoms with Crippen LogP contribution in [0, 0.1) is 12.8 Å². The van der Waals surface area contributed by atoms with Crippen molar-refractivity contribution in [3.8, 4) is 0 Å². The predicted molar refractivity (Wildman–Crippen MR) is 64.4 cm³/mol. The molecule has 1 aromatic rings. The van der Waals surface area contributed by atoms with Gasteiger partial charge in [0.25, 0.3) is 0 Å². The van der Waals surface area contributed by atoms with Gasteiger partial charge in [0.05, 0.1) is 5.92 Å². The third-order valence-electron chi connectivity index (χ3n) is 3.34. The largest absolute Gasteiger partial charge is 0.481 e. The quantitative estimate of drug-likeness (QED) is 0.824. The Kier molecular flexibility index (Phi) is 2.58.